The highest BCUT2D eigenvalue weighted by Gasteiger charge is 2.55. The van der Waals surface area contributed by atoms with Crippen molar-refractivity contribution in [1.82, 2.24) is 0 Å². The molecule has 0 heterocycles. The Morgan fingerprint density at radius 3 is 1.90 bits per heavy atom. The van der Waals surface area contributed by atoms with E-state index in [4.69, 9.17) is 0 Å². The van der Waals surface area contributed by atoms with E-state index >= 15 is 0 Å². The van der Waals surface area contributed by atoms with Crippen LogP contribution in [0.5, 0.6) is 0 Å². The van der Waals surface area contributed by atoms with Crippen molar-refractivity contribution in [3.05, 3.63) is 0 Å². The summed E-state index contributed by atoms with van der Waals surface area (Å²) in [6.45, 7) is 7.15. The van der Waals surface area contributed by atoms with Crippen molar-refractivity contribution in [2.24, 2.45) is 16.7 Å². The Bertz CT molecular complexity index is 138. The van der Waals surface area contributed by atoms with Crippen LogP contribution in [0.4, 0.5) is 0 Å². The molecule has 0 unspecified atom stereocenters. The van der Waals surface area contributed by atoms with Crippen LogP contribution in [0.2, 0.25) is 0 Å². The summed E-state index contributed by atoms with van der Waals surface area (Å²) >= 11 is 0. The summed E-state index contributed by atoms with van der Waals surface area (Å²) in [5.41, 5.74) is 1.49. The predicted octanol–water partition coefficient (Wildman–Crippen LogP) is 3.22. The average Bonchev–Trinajstić information content (AvgIpc) is 2.32. The van der Waals surface area contributed by atoms with Gasteiger partial charge in [0.05, 0.1) is 0 Å². The molecule has 0 aromatic carbocycles. The molecule has 0 aliphatic heterocycles. The van der Waals surface area contributed by atoms with Crippen LogP contribution in [-0.2, 0) is 0 Å². The van der Waals surface area contributed by atoms with Crippen LogP contribution >= 0.6 is 0 Å². The monoisotopic (exact) mass is 138 g/mol. The van der Waals surface area contributed by atoms with Gasteiger partial charge in [0, 0.05) is 0 Å². The van der Waals surface area contributed by atoms with Gasteiger partial charge in [-0.1, -0.05) is 20.8 Å². The van der Waals surface area contributed by atoms with Crippen molar-refractivity contribution >= 4 is 0 Å². The molecule has 0 N–H and O–H groups in total. The Balaban J connectivity index is 1.90. The van der Waals surface area contributed by atoms with Gasteiger partial charge in [0.2, 0.25) is 0 Å². The lowest BCUT2D eigenvalue weighted by Gasteiger charge is -2.44. The summed E-state index contributed by atoms with van der Waals surface area (Å²) < 4.78 is 0. The zero-order valence-corrected chi connectivity index (χ0v) is 7.41. The summed E-state index contributed by atoms with van der Waals surface area (Å²) in [7, 11) is 0. The van der Waals surface area contributed by atoms with E-state index in [2.05, 4.69) is 20.8 Å². The van der Waals surface area contributed by atoms with E-state index in [9.17, 15) is 0 Å². The normalized spacial score (nSPS) is 30.3. The molecule has 0 amide bonds. The van der Waals surface area contributed by atoms with Crippen LogP contribution in [0, 0.1) is 16.7 Å². The molecule has 0 nitrogen and oxygen atoms in total. The molecule has 2 fully saturated rings. The lowest BCUT2D eigenvalue weighted by Crippen LogP contribution is -2.34. The molecule has 2 aliphatic carbocycles. The van der Waals surface area contributed by atoms with Crippen molar-refractivity contribution in [3.8, 4) is 0 Å². The van der Waals surface area contributed by atoms with Crippen LogP contribution in [0.15, 0.2) is 0 Å². The maximum absolute atomic E-state index is 2.38. The molecular weight excluding hydrogens is 120 g/mol. The molecule has 0 atom stereocenters. The van der Waals surface area contributed by atoms with Gasteiger partial charge in [-0.2, -0.15) is 0 Å². The van der Waals surface area contributed by atoms with Crippen LogP contribution in [0.25, 0.3) is 0 Å². The first-order chi connectivity index (χ1) is 4.52. The quantitative estimate of drug-likeness (QED) is 0.482. The van der Waals surface area contributed by atoms with Gasteiger partial charge >= 0.3 is 0 Å². The average molecular weight is 138 g/mol. The van der Waals surface area contributed by atoms with Gasteiger partial charge in [0.15, 0.2) is 0 Å². The summed E-state index contributed by atoms with van der Waals surface area (Å²) in [6, 6.07) is 0. The van der Waals surface area contributed by atoms with E-state index < -0.39 is 0 Å². The Labute approximate surface area is 64.0 Å². The SMILES string of the molecule is CC(C)(C)C1CC2(CC2)C1. The number of rotatable bonds is 0. The summed E-state index contributed by atoms with van der Waals surface area (Å²) in [4.78, 5) is 0. The summed E-state index contributed by atoms with van der Waals surface area (Å²) in [5, 5.41) is 0. The Morgan fingerprint density at radius 1 is 1.10 bits per heavy atom. The van der Waals surface area contributed by atoms with Crippen molar-refractivity contribution in [3.63, 3.8) is 0 Å². The fourth-order valence-electron chi connectivity index (χ4n) is 2.18. The predicted molar refractivity (Wildman–Crippen MR) is 43.8 cm³/mol. The second-order valence-electron chi connectivity index (χ2n) is 5.47. The van der Waals surface area contributed by atoms with E-state index in [0.29, 0.717) is 5.41 Å². The standard InChI is InChI=1S/C10H18/c1-9(2,3)8-6-10(7-8)4-5-10/h8H,4-7H2,1-3H3. The van der Waals surface area contributed by atoms with E-state index in [1.165, 1.54) is 12.8 Å². The van der Waals surface area contributed by atoms with Gasteiger partial charge in [-0.15, -0.1) is 0 Å². The number of hydrogen-bond donors (Lipinski definition) is 0. The van der Waals surface area contributed by atoms with Crippen LogP contribution in [0.3, 0.4) is 0 Å². The zero-order valence-electron chi connectivity index (χ0n) is 7.41. The second-order valence-corrected chi connectivity index (χ2v) is 5.47. The molecule has 2 saturated carbocycles. The lowest BCUT2D eigenvalue weighted by molar-refractivity contribution is 0.0596. The Morgan fingerprint density at radius 2 is 1.60 bits per heavy atom. The highest BCUT2D eigenvalue weighted by atomic mass is 14.6. The second kappa shape index (κ2) is 1.60. The molecule has 58 valence electrons. The van der Waals surface area contributed by atoms with Gasteiger partial charge in [-0.25, -0.2) is 0 Å². The molecule has 0 radical (unpaired) electrons. The molecule has 0 bridgehead atoms. The van der Waals surface area contributed by atoms with Crippen LogP contribution < -0.4 is 0 Å². The minimum absolute atomic E-state index is 0.591. The van der Waals surface area contributed by atoms with Crippen LogP contribution in [-0.4, -0.2) is 0 Å². The van der Waals surface area contributed by atoms with Crippen molar-refractivity contribution < 1.29 is 0 Å². The minimum Gasteiger partial charge on any atom is -0.0599 e. The van der Waals surface area contributed by atoms with Crippen molar-refractivity contribution in [1.29, 1.82) is 0 Å². The van der Waals surface area contributed by atoms with E-state index in [-0.39, 0.29) is 0 Å². The van der Waals surface area contributed by atoms with Gasteiger partial charge in [0.1, 0.15) is 0 Å². The Kier molecular flexibility index (Phi) is 1.07. The first-order valence-corrected chi connectivity index (χ1v) is 4.52. The first kappa shape index (κ1) is 6.69. The van der Waals surface area contributed by atoms with Gasteiger partial charge in [-0.05, 0) is 42.4 Å². The van der Waals surface area contributed by atoms with Gasteiger partial charge < -0.3 is 0 Å². The largest absolute Gasteiger partial charge is 0.0599 e. The lowest BCUT2D eigenvalue weighted by atomic mass is 9.61. The van der Waals surface area contributed by atoms with Crippen molar-refractivity contribution in [2.75, 3.05) is 0 Å². The molecule has 0 aromatic heterocycles. The third-order valence-corrected chi connectivity index (χ3v) is 3.54. The van der Waals surface area contributed by atoms with E-state index in [1.807, 2.05) is 0 Å². The van der Waals surface area contributed by atoms with Crippen molar-refractivity contribution in [2.45, 2.75) is 46.5 Å². The van der Waals surface area contributed by atoms with E-state index in [0.717, 1.165) is 11.3 Å². The highest BCUT2D eigenvalue weighted by molar-refractivity contribution is 5.06. The van der Waals surface area contributed by atoms with E-state index in [1.54, 1.807) is 12.8 Å². The molecular formula is C10H18. The maximum atomic E-state index is 2.38. The van der Waals surface area contributed by atoms with Gasteiger partial charge in [-0.3, -0.25) is 0 Å². The van der Waals surface area contributed by atoms with Gasteiger partial charge in [0.25, 0.3) is 0 Å². The Hall–Kier alpha value is 0. The zero-order chi connectivity index (χ0) is 7.41. The summed E-state index contributed by atoms with van der Waals surface area (Å²) in [5.74, 6) is 1.04. The molecule has 0 heteroatoms. The molecule has 1 spiro atoms. The molecule has 0 aromatic rings. The molecule has 0 saturated heterocycles. The number of hydrogen-bond acceptors (Lipinski definition) is 0. The smallest absolute Gasteiger partial charge is 0.0291 e. The minimum atomic E-state index is 0.591. The fraction of sp³-hybridized carbons (Fsp3) is 1.00. The maximum Gasteiger partial charge on any atom is -0.0291 e. The molecule has 2 rings (SSSR count). The third kappa shape index (κ3) is 0.889. The molecule has 2 aliphatic rings. The fourth-order valence-corrected chi connectivity index (χ4v) is 2.18. The topological polar surface area (TPSA) is 0 Å². The highest BCUT2D eigenvalue weighted by Crippen LogP contribution is 2.66. The van der Waals surface area contributed by atoms with Crippen LogP contribution in [0.1, 0.15) is 46.5 Å². The first-order valence-electron chi connectivity index (χ1n) is 4.52. The third-order valence-electron chi connectivity index (χ3n) is 3.54. The summed E-state index contributed by atoms with van der Waals surface area (Å²) in [6.07, 6.45) is 6.16. The molecule has 10 heavy (non-hydrogen) atoms.